The fourth-order valence-corrected chi connectivity index (χ4v) is 6.17. The third-order valence-corrected chi connectivity index (χ3v) is 11.8. The van der Waals surface area contributed by atoms with Crippen LogP contribution in [0.3, 0.4) is 0 Å². The van der Waals surface area contributed by atoms with Gasteiger partial charge in [0.05, 0.1) is 58.3 Å². The number of nitrogens with one attached hydrogen (secondary N) is 3. The zero-order valence-electron chi connectivity index (χ0n) is 42.8. The van der Waals surface area contributed by atoms with Crippen LogP contribution in [-0.4, -0.2) is 100 Å². The molecule has 7 rings (SSSR count). The topological polar surface area (TPSA) is 248 Å². The van der Waals surface area contributed by atoms with Gasteiger partial charge in [-0.2, -0.15) is 39.5 Å². The number of anilines is 1. The molecule has 0 amide bonds. The Hall–Kier alpha value is -6.35. The maximum atomic E-state index is 14.0. The third kappa shape index (κ3) is 22.6. The molecule has 6 aromatic rings. The number of hydrogen-bond donors (Lipinski definition) is 4. The minimum atomic E-state index is -4.61. The molecule has 0 unspecified atom stereocenters. The number of alkyl halides is 9. The number of pyridine rings is 3. The van der Waals surface area contributed by atoms with Crippen LogP contribution in [0.1, 0.15) is 96.7 Å². The SMILES string of the molecule is C.C.C.C.C[C@H](Oc1ncc(B2OC(C)(C)C(C)(C)O2)cc1F)C(F)(F)F.Cc1nc(Cl)cnc1-c1cnc(O[C@@H](C)C(F)(F)F)c(F)c1.Cc1nc(Cl)cnc1Br.Cc1nc(NN)cnc1-c1cnc(O[C@@H](C)C(F)(F)F)c(F)c1.N=N.[HH]. The second kappa shape index (κ2) is 32.6. The van der Waals surface area contributed by atoms with Gasteiger partial charge in [0, 0.05) is 36.6 Å². The van der Waals surface area contributed by atoms with E-state index in [1.165, 1.54) is 24.8 Å². The molecule has 0 radical (unpaired) electrons. The summed E-state index contributed by atoms with van der Waals surface area (Å²) in [5.74, 6) is 0.288. The highest BCUT2D eigenvalue weighted by atomic mass is 79.9. The van der Waals surface area contributed by atoms with Crippen molar-refractivity contribution in [3.05, 3.63) is 105 Å². The Kier molecular flexibility index (Phi) is 31.0. The van der Waals surface area contributed by atoms with Gasteiger partial charge in [-0.05, 0) is 103 Å². The van der Waals surface area contributed by atoms with Gasteiger partial charge in [-0.15, -0.1) is 0 Å². The molecule has 464 valence electrons. The minimum absolute atomic E-state index is 0. The van der Waals surface area contributed by atoms with Crippen molar-refractivity contribution in [2.24, 2.45) is 5.84 Å². The summed E-state index contributed by atoms with van der Waals surface area (Å²) >= 11 is 14.4. The fourth-order valence-electron chi connectivity index (χ4n) is 5.63. The molecule has 83 heavy (non-hydrogen) atoms. The van der Waals surface area contributed by atoms with Crippen molar-refractivity contribution in [1.29, 1.82) is 11.1 Å². The van der Waals surface area contributed by atoms with Gasteiger partial charge in [-0.3, -0.25) is 9.97 Å². The van der Waals surface area contributed by atoms with E-state index in [9.17, 15) is 52.7 Å². The number of hydrazine groups is 1. The number of rotatable bonds is 10. The first-order chi connectivity index (χ1) is 36.4. The van der Waals surface area contributed by atoms with E-state index < -0.39 is 90.3 Å². The molecule has 3 atom stereocenters. The Balaban J connectivity index is -0.00000104. The summed E-state index contributed by atoms with van der Waals surface area (Å²) in [5, 5.41) is 0.601. The number of nitrogens with two attached hydrogens (primary N) is 1. The highest BCUT2D eigenvalue weighted by Gasteiger charge is 2.52. The van der Waals surface area contributed by atoms with Crippen LogP contribution in [0, 0.1) is 49.3 Å². The van der Waals surface area contributed by atoms with Gasteiger partial charge in [0.25, 0.3) is 17.6 Å². The number of ether oxygens (including phenoxy) is 3. The van der Waals surface area contributed by atoms with Crippen molar-refractivity contribution in [2.45, 2.75) is 147 Å². The lowest BCUT2D eigenvalue weighted by atomic mass is 9.80. The molecule has 1 aliphatic heterocycles. The average Bonchev–Trinajstić information content (AvgIpc) is 3.86. The molecule has 6 aromatic heterocycles. The van der Waals surface area contributed by atoms with Crippen LogP contribution in [0.15, 0.2) is 60.0 Å². The second-order valence-electron chi connectivity index (χ2n) is 17.1. The molecule has 1 aliphatic rings. The van der Waals surface area contributed by atoms with Crippen LogP contribution in [0.4, 0.5) is 58.5 Å². The quantitative estimate of drug-likeness (QED) is 0.0327. The molecule has 0 aliphatic carbocycles. The number of nitrogens with zero attached hydrogens (tertiary/aromatic N) is 9. The van der Waals surface area contributed by atoms with Gasteiger partial charge in [0.15, 0.2) is 41.6 Å². The lowest BCUT2D eigenvalue weighted by Crippen LogP contribution is -2.41. The molecule has 18 nitrogen and oxygen atoms in total. The monoisotopic (exact) mass is 1300 g/mol. The van der Waals surface area contributed by atoms with Crippen LogP contribution in [0.25, 0.3) is 22.5 Å². The van der Waals surface area contributed by atoms with Crippen LogP contribution in [0.2, 0.25) is 10.3 Å². The zero-order valence-corrected chi connectivity index (χ0v) is 45.9. The maximum absolute atomic E-state index is 14.0. The van der Waals surface area contributed by atoms with Crippen LogP contribution < -0.4 is 30.9 Å². The number of aryl methyl sites for hydroxylation is 3. The van der Waals surface area contributed by atoms with Gasteiger partial charge >= 0.3 is 25.6 Å². The molecular formula is C49H65BBrCl2F12N13O5. The van der Waals surface area contributed by atoms with Gasteiger partial charge in [-0.1, -0.05) is 52.9 Å². The Labute approximate surface area is 492 Å². The predicted molar refractivity (Wildman–Crippen MR) is 295 cm³/mol. The summed E-state index contributed by atoms with van der Waals surface area (Å²) in [7, 11) is -0.851. The summed E-state index contributed by atoms with van der Waals surface area (Å²) in [6.45, 7) is 14.7. The lowest BCUT2D eigenvalue weighted by Gasteiger charge is -2.32. The van der Waals surface area contributed by atoms with Crippen LogP contribution >= 0.6 is 39.1 Å². The summed E-state index contributed by atoms with van der Waals surface area (Å²) < 4.78 is 179. The first-order valence-corrected chi connectivity index (χ1v) is 23.7. The van der Waals surface area contributed by atoms with E-state index in [4.69, 9.17) is 49.4 Å². The van der Waals surface area contributed by atoms with Gasteiger partial charge < -0.3 is 28.9 Å². The third-order valence-electron chi connectivity index (χ3n) is 10.6. The van der Waals surface area contributed by atoms with Crippen LogP contribution in [0.5, 0.6) is 17.6 Å². The van der Waals surface area contributed by atoms with Crippen LogP contribution in [-0.2, 0) is 9.31 Å². The van der Waals surface area contributed by atoms with Gasteiger partial charge in [0.1, 0.15) is 14.9 Å². The highest BCUT2D eigenvalue weighted by molar-refractivity contribution is 9.10. The van der Waals surface area contributed by atoms with Gasteiger partial charge in [-0.25, -0.2) is 65.0 Å². The van der Waals surface area contributed by atoms with Crippen molar-refractivity contribution >= 4 is 57.5 Å². The first kappa shape index (κ1) is 78.7. The smallest absolute Gasteiger partial charge is 0.463 e. The molecule has 5 N–H and O–H groups in total. The van der Waals surface area contributed by atoms with E-state index in [0.29, 0.717) is 33.7 Å². The molecule has 1 fully saturated rings. The highest BCUT2D eigenvalue weighted by Crippen LogP contribution is 2.37. The minimum Gasteiger partial charge on any atom is -0.463 e. The van der Waals surface area contributed by atoms with E-state index >= 15 is 0 Å². The lowest BCUT2D eigenvalue weighted by molar-refractivity contribution is -0.190. The summed E-state index contributed by atoms with van der Waals surface area (Å²) in [6, 6.07) is 2.97. The molecular weight excluding hydrogens is 1240 g/mol. The zero-order chi connectivity index (χ0) is 60.2. The standard InChI is InChI=1S/C14H18BF4NO3.C13H10ClF4N3O.C13H13F4N5O.C5H4BrClN2.4CH4.H2N2.H2/c1-8(14(17,18)19)21-11-10(16)6-9(7-20-11)15-22-12(2,3)13(4,5)23-15;1-6-11(19-5-10(14)21-6)8-3-9(15)12(20-4-8)22-7(2)13(16,17)18;1-6-11(19-5-10(21-6)22-18)8-3-9(14)12(20-4-8)23-7(2)13(15,16)17;1-3-5(6)8-2-4(7)9-3;;;;;1-2;/h6-8H,1-5H3;3-5,7H,1-2H3;3-5,7H,18H2,1-2H3,(H,21,22);2H,1H3;4*1H4;1-2H;1H/t8-;2*7-;;;;;;;/m000......./s1. The summed E-state index contributed by atoms with van der Waals surface area (Å²) in [6.07, 6.45) is -12.7. The van der Waals surface area contributed by atoms with Crippen molar-refractivity contribution in [2.75, 3.05) is 5.43 Å². The number of hydrogen-bond acceptors (Lipinski definition) is 18. The van der Waals surface area contributed by atoms with E-state index in [-0.39, 0.29) is 52.9 Å². The Bertz CT molecular complexity index is 3010. The van der Waals surface area contributed by atoms with Crippen molar-refractivity contribution in [3.8, 4) is 40.2 Å². The second-order valence-corrected chi connectivity index (χ2v) is 18.6. The summed E-state index contributed by atoms with van der Waals surface area (Å²) in [5.41, 5.74) is 14.2. The number of halogens is 15. The molecule has 0 saturated carbocycles. The molecule has 34 heteroatoms. The van der Waals surface area contributed by atoms with E-state index in [2.05, 4.69) is 80.4 Å². The molecule has 1 saturated heterocycles. The van der Waals surface area contributed by atoms with E-state index in [1.807, 2.05) is 34.6 Å². The van der Waals surface area contributed by atoms with Crippen molar-refractivity contribution < 1.29 is 77.6 Å². The Morgan fingerprint density at radius 2 is 0.904 bits per heavy atom. The normalized spacial score (nSPS) is 14.0. The van der Waals surface area contributed by atoms with Crippen molar-refractivity contribution in [3.63, 3.8) is 0 Å². The van der Waals surface area contributed by atoms with E-state index in [1.54, 1.807) is 13.8 Å². The Morgan fingerprint density at radius 3 is 1.22 bits per heavy atom. The number of nitrogen functional groups attached to an aromatic ring is 1. The molecule has 7 heterocycles. The molecule has 0 bridgehead atoms. The first-order valence-electron chi connectivity index (χ1n) is 22.2. The largest absolute Gasteiger partial charge is 0.496 e. The predicted octanol–water partition coefficient (Wildman–Crippen LogP) is 15.0. The van der Waals surface area contributed by atoms with Gasteiger partial charge in [0.2, 0.25) is 0 Å². The van der Waals surface area contributed by atoms with Crippen molar-refractivity contribution in [1.82, 2.24) is 44.9 Å². The maximum Gasteiger partial charge on any atom is 0.496 e. The number of aromatic nitrogens is 9. The summed E-state index contributed by atoms with van der Waals surface area (Å²) in [4.78, 5) is 34.7. The van der Waals surface area contributed by atoms with E-state index in [0.717, 1.165) is 61.7 Å². The molecule has 0 spiro atoms. The fraction of sp³-hybridized carbons (Fsp3) is 0.449. The molecule has 0 aromatic carbocycles. The Morgan fingerprint density at radius 1 is 0.566 bits per heavy atom. The average molecular weight is 1310 g/mol.